The number of rotatable bonds is 5. The Balaban J connectivity index is 0.000000148. The summed E-state index contributed by atoms with van der Waals surface area (Å²) in [6.07, 6.45) is 1.17. The number of benzene rings is 8. The fourth-order valence-electron chi connectivity index (χ4n) is 8.38. The number of fused-ring (bicyclic) bond motifs is 6. The van der Waals surface area contributed by atoms with Gasteiger partial charge in [0, 0.05) is 21.9 Å². The van der Waals surface area contributed by atoms with E-state index in [1.54, 1.807) is 0 Å². The normalized spacial score (nSPS) is 12.8. The molecular formula is C57H53N. The molecule has 1 heteroatoms. The zero-order valence-electron chi connectivity index (χ0n) is 34.7. The first-order chi connectivity index (χ1) is 28.2. The Labute approximate surface area is 345 Å². The maximum absolute atomic E-state index is 2.46. The van der Waals surface area contributed by atoms with E-state index in [1.807, 2.05) is 12.1 Å². The van der Waals surface area contributed by atoms with Gasteiger partial charge in [-0.05, 0) is 101 Å². The minimum Gasteiger partial charge on any atom is -0.309 e. The van der Waals surface area contributed by atoms with Crippen molar-refractivity contribution in [3.63, 3.8) is 0 Å². The van der Waals surface area contributed by atoms with Gasteiger partial charge in [-0.15, -0.1) is 0 Å². The van der Waals surface area contributed by atoms with E-state index in [1.165, 1.54) is 95.1 Å². The van der Waals surface area contributed by atoms with E-state index in [0.29, 0.717) is 5.92 Å². The molecule has 58 heavy (non-hydrogen) atoms. The van der Waals surface area contributed by atoms with E-state index in [2.05, 4.69) is 228 Å². The molecule has 0 fully saturated rings. The third kappa shape index (κ3) is 7.65. The number of aromatic nitrogens is 1. The van der Waals surface area contributed by atoms with E-state index in [4.69, 9.17) is 0 Å². The van der Waals surface area contributed by atoms with Gasteiger partial charge in [-0.25, -0.2) is 0 Å². The molecule has 8 aromatic carbocycles. The second-order valence-corrected chi connectivity index (χ2v) is 16.3. The Bertz CT molecular complexity index is 2650. The molecule has 0 N–H and O–H groups in total. The van der Waals surface area contributed by atoms with Crippen LogP contribution in [0.1, 0.15) is 67.9 Å². The number of aryl methyl sites for hydroxylation is 2. The first-order valence-electron chi connectivity index (χ1n) is 20.7. The lowest BCUT2D eigenvalue weighted by Crippen LogP contribution is -2.16. The summed E-state index contributed by atoms with van der Waals surface area (Å²) in [5.41, 5.74) is 18.6. The second kappa shape index (κ2) is 16.6. The van der Waals surface area contributed by atoms with E-state index >= 15 is 0 Å². The van der Waals surface area contributed by atoms with E-state index in [0.717, 1.165) is 0 Å². The lowest BCUT2D eigenvalue weighted by Gasteiger charge is -2.23. The fraction of sp³-hybridized carbons (Fsp3) is 0.158. The quantitative estimate of drug-likeness (QED) is 0.165. The van der Waals surface area contributed by atoms with Crippen molar-refractivity contribution in [2.75, 3.05) is 0 Å². The monoisotopic (exact) mass is 751 g/mol. The molecule has 1 aromatic heterocycles. The van der Waals surface area contributed by atoms with Crippen molar-refractivity contribution in [1.82, 2.24) is 4.57 Å². The van der Waals surface area contributed by atoms with Gasteiger partial charge in [0.25, 0.3) is 0 Å². The van der Waals surface area contributed by atoms with Crippen LogP contribution in [-0.4, -0.2) is 4.57 Å². The summed E-state index contributed by atoms with van der Waals surface area (Å²) in [6.45, 7) is 13.6. The first-order valence-corrected chi connectivity index (χ1v) is 20.7. The summed E-state index contributed by atoms with van der Waals surface area (Å²) < 4.78 is 2.43. The van der Waals surface area contributed by atoms with Crippen LogP contribution in [0.3, 0.4) is 0 Å². The van der Waals surface area contributed by atoms with Crippen molar-refractivity contribution in [3.8, 4) is 39.1 Å². The fourth-order valence-corrected chi connectivity index (χ4v) is 8.38. The molecule has 0 amide bonds. The van der Waals surface area contributed by atoms with Crippen LogP contribution in [0.2, 0.25) is 0 Å². The molecule has 1 nitrogen and oxygen atoms in total. The molecule has 0 bridgehead atoms. The molecule has 0 radical (unpaired) electrons. The highest BCUT2D eigenvalue weighted by Gasteiger charge is 2.36. The molecule has 1 aliphatic carbocycles. The molecule has 0 aliphatic heterocycles. The van der Waals surface area contributed by atoms with Gasteiger partial charge in [0.15, 0.2) is 0 Å². The lowest BCUT2D eigenvalue weighted by atomic mass is 9.81. The Kier molecular flexibility index (Phi) is 11.0. The van der Waals surface area contributed by atoms with Crippen LogP contribution < -0.4 is 0 Å². The van der Waals surface area contributed by atoms with Crippen LogP contribution >= 0.6 is 0 Å². The number of hydrogen-bond acceptors (Lipinski definition) is 0. The SMILES string of the molecule is CCC(C)c1ccc2c(c1)C(C)(C)c1cc(-n3c4ccccc4c4ccccc43)ccc1-2.Cc1ccc(-c2ccccc2)cc1.Cc1ccc(-c2ccccc2)cc1. The lowest BCUT2D eigenvalue weighted by molar-refractivity contribution is 0.654. The van der Waals surface area contributed by atoms with E-state index < -0.39 is 0 Å². The maximum atomic E-state index is 2.46. The zero-order chi connectivity index (χ0) is 40.2. The molecular weight excluding hydrogens is 699 g/mol. The number of nitrogens with zero attached hydrogens (tertiary/aromatic N) is 1. The summed E-state index contributed by atoms with van der Waals surface area (Å²) >= 11 is 0. The molecule has 9 aromatic rings. The number of para-hydroxylation sites is 2. The van der Waals surface area contributed by atoms with Crippen LogP contribution in [0.4, 0.5) is 0 Å². The molecule has 0 saturated carbocycles. The van der Waals surface area contributed by atoms with Crippen molar-refractivity contribution in [2.24, 2.45) is 0 Å². The summed E-state index contributed by atoms with van der Waals surface area (Å²) in [6, 6.07) is 69.8. The predicted molar refractivity (Wildman–Crippen MR) is 250 cm³/mol. The summed E-state index contributed by atoms with van der Waals surface area (Å²) in [7, 11) is 0. The minimum atomic E-state index is -0.0110. The van der Waals surface area contributed by atoms with E-state index in [9.17, 15) is 0 Å². The maximum Gasteiger partial charge on any atom is 0.0541 e. The van der Waals surface area contributed by atoms with Gasteiger partial charge in [0.2, 0.25) is 0 Å². The molecule has 1 unspecified atom stereocenters. The second-order valence-electron chi connectivity index (χ2n) is 16.3. The van der Waals surface area contributed by atoms with Crippen molar-refractivity contribution in [2.45, 2.75) is 59.3 Å². The highest BCUT2D eigenvalue weighted by molar-refractivity contribution is 6.09. The van der Waals surface area contributed by atoms with Crippen molar-refractivity contribution >= 4 is 21.8 Å². The molecule has 0 saturated heterocycles. The van der Waals surface area contributed by atoms with Gasteiger partial charge >= 0.3 is 0 Å². The Morgan fingerprint density at radius 1 is 0.448 bits per heavy atom. The standard InChI is InChI=1S/C31H29N.2C13H12/c1-5-20(2)21-14-16-23-24-17-15-22(19-28(24)31(3,4)27(23)18-21)32-29-12-8-6-10-25(29)26-11-7-9-13-30(26)32;2*1-11-7-9-13(10-8-11)12-5-3-2-4-6-12/h6-20H,5H2,1-4H3;2*2-10H,1H3. The predicted octanol–water partition coefficient (Wildman–Crippen LogP) is 15.9. The molecule has 10 rings (SSSR count). The molecule has 1 aliphatic rings. The van der Waals surface area contributed by atoms with Crippen LogP contribution in [0, 0.1) is 13.8 Å². The average molecular weight is 752 g/mol. The molecule has 1 heterocycles. The third-order valence-electron chi connectivity index (χ3n) is 12.0. The van der Waals surface area contributed by atoms with Gasteiger partial charge in [0.05, 0.1) is 11.0 Å². The average Bonchev–Trinajstić information content (AvgIpc) is 3.72. The van der Waals surface area contributed by atoms with Crippen molar-refractivity contribution in [3.05, 3.63) is 222 Å². The molecule has 1 atom stereocenters. The summed E-state index contributed by atoms with van der Waals surface area (Å²) in [5, 5.41) is 2.62. The smallest absolute Gasteiger partial charge is 0.0541 e. The highest BCUT2D eigenvalue weighted by Crippen LogP contribution is 2.50. The van der Waals surface area contributed by atoms with Crippen LogP contribution in [0.25, 0.3) is 60.9 Å². The zero-order valence-corrected chi connectivity index (χ0v) is 34.7. The van der Waals surface area contributed by atoms with Gasteiger partial charge in [-0.3, -0.25) is 0 Å². The van der Waals surface area contributed by atoms with Gasteiger partial charge < -0.3 is 4.57 Å². The Morgan fingerprint density at radius 2 is 0.862 bits per heavy atom. The Hall–Kier alpha value is -6.44. The van der Waals surface area contributed by atoms with Crippen LogP contribution in [0.5, 0.6) is 0 Å². The highest BCUT2D eigenvalue weighted by atomic mass is 15.0. The molecule has 0 spiro atoms. The molecule has 286 valence electrons. The van der Waals surface area contributed by atoms with Crippen molar-refractivity contribution < 1.29 is 0 Å². The van der Waals surface area contributed by atoms with Gasteiger partial charge in [-0.2, -0.15) is 0 Å². The third-order valence-corrected chi connectivity index (χ3v) is 12.0. The summed E-state index contributed by atoms with van der Waals surface area (Å²) in [5.74, 6) is 0.591. The first kappa shape index (κ1) is 38.4. The van der Waals surface area contributed by atoms with Crippen LogP contribution in [-0.2, 0) is 5.41 Å². The largest absolute Gasteiger partial charge is 0.309 e. The van der Waals surface area contributed by atoms with Gasteiger partial charge in [0.1, 0.15) is 0 Å². The van der Waals surface area contributed by atoms with E-state index in [-0.39, 0.29) is 5.41 Å². The number of hydrogen-bond donors (Lipinski definition) is 0. The Morgan fingerprint density at radius 3 is 1.34 bits per heavy atom. The van der Waals surface area contributed by atoms with Gasteiger partial charge in [-0.1, -0.05) is 209 Å². The van der Waals surface area contributed by atoms with Crippen LogP contribution in [0.15, 0.2) is 194 Å². The van der Waals surface area contributed by atoms with Crippen molar-refractivity contribution in [1.29, 1.82) is 0 Å². The topological polar surface area (TPSA) is 4.93 Å². The summed E-state index contributed by atoms with van der Waals surface area (Å²) in [4.78, 5) is 0. The minimum absolute atomic E-state index is 0.0110.